The fraction of sp³-hybridized carbons (Fsp3) is 0.553. The lowest BCUT2D eigenvalue weighted by Crippen LogP contribution is -2.44. The van der Waals surface area contributed by atoms with E-state index in [0.29, 0.717) is 44.8 Å². The number of hydrogen-bond acceptors (Lipinski definition) is 9. The normalized spacial score (nSPS) is 14.6. The van der Waals surface area contributed by atoms with Gasteiger partial charge in [-0.05, 0) is 61.1 Å². The van der Waals surface area contributed by atoms with Crippen molar-refractivity contribution in [3.8, 4) is 17.1 Å². The number of fused-ring (bicyclic) bond motifs is 1. The van der Waals surface area contributed by atoms with E-state index in [9.17, 15) is 9.59 Å². The minimum atomic E-state index is -0.429. The molecule has 0 aliphatic carbocycles. The van der Waals surface area contributed by atoms with Gasteiger partial charge >= 0.3 is 0 Å². The lowest BCUT2D eigenvalue weighted by atomic mass is 9.78. The highest BCUT2D eigenvalue weighted by atomic mass is 16.5. The molecule has 0 saturated carbocycles. The van der Waals surface area contributed by atoms with Crippen molar-refractivity contribution in [1.29, 1.82) is 0 Å². The third-order valence-corrected chi connectivity index (χ3v) is 8.84. The number of H-pyrrole nitrogens is 1. The fourth-order valence-electron chi connectivity index (χ4n) is 5.93. The smallest absolute Gasteiger partial charge is 0.231 e. The molecule has 4 rings (SSSR count). The number of likely N-dealkylation sites (N-methyl/N-ethyl adjacent to an activating group) is 1. The number of rotatable bonds is 16. The molecule has 1 aliphatic heterocycles. The van der Waals surface area contributed by atoms with E-state index < -0.39 is 5.91 Å². The van der Waals surface area contributed by atoms with Crippen molar-refractivity contribution in [2.24, 2.45) is 11.5 Å². The molecule has 0 bridgehead atoms. The van der Waals surface area contributed by atoms with Crippen LogP contribution in [0.5, 0.6) is 5.75 Å². The van der Waals surface area contributed by atoms with Crippen molar-refractivity contribution in [1.82, 2.24) is 30.8 Å². The molecule has 12 heteroatoms. The Hall–Kier alpha value is -4.29. The van der Waals surface area contributed by atoms with E-state index in [4.69, 9.17) is 21.2 Å². The van der Waals surface area contributed by atoms with Crippen LogP contribution in [0.3, 0.4) is 0 Å². The number of benzene rings is 2. The Bertz CT molecular complexity index is 1590. The summed E-state index contributed by atoms with van der Waals surface area (Å²) in [5.74, 6) is 1.32. The lowest BCUT2D eigenvalue weighted by Gasteiger charge is -2.34. The maximum Gasteiger partial charge on any atom is 0.231 e. The second kappa shape index (κ2) is 17.1. The Morgan fingerprint density at radius 1 is 0.940 bits per heavy atom. The van der Waals surface area contributed by atoms with Gasteiger partial charge in [0.15, 0.2) is 0 Å². The molecular formula is C38H59N9O3. The molecule has 0 atom stereocenters. The first-order chi connectivity index (χ1) is 23.6. The van der Waals surface area contributed by atoms with Crippen molar-refractivity contribution in [2.45, 2.75) is 71.6 Å². The van der Waals surface area contributed by atoms with Gasteiger partial charge in [0.25, 0.3) is 0 Å². The highest BCUT2D eigenvalue weighted by Gasteiger charge is 2.29. The number of aromatic nitrogens is 2. The molecule has 2 amide bonds. The number of aromatic amines is 1. The first-order valence-corrected chi connectivity index (χ1v) is 17.8. The highest BCUT2D eigenvalue weighted by molar-refractivity contribution is 5.83. The maximum absolute atomic E-state index is 12.5. The minimum Gasteiger partial charge on any atom is -0.493 e. The van der Waals surface area contributed by atoms with Crippen LogP contribution >= 0.6 is 0 Å². The van der Waals surface area contributed by atoms with E-state index in [1.165, 1.54) is 5.69 Å². The molecule has 0 unspecified atom stereocenters. The van der Waals surface area contributed by atoms with E-state index in [0.717, 1.165) is 71.9 Å². The van der Waals surface area contributed by atoms with Crippen LogP contribution < -0.4 is 37.1 Å². The summed E-state index contributed by atoms with van der Waals surface area (Å²) in [6, 6.07) is 11.0. The molecule has 50 heavy (non-hydrogen) atoms. The number of hydrogen-bond donors (Lipinski definition) is 6. The van der Waals surface area contributed by atoms with Crippen molar-refractivity contribution in [3.05, 3.63) is 53.4 Å². The van der Waals surface area contributed by atoms with Gasteiger partial charge in [0.2, 0.25) is 11.8 Å². The molecule has 1 fully saturated rings. The zero-order valence-corrected chi connectivity index (χ0v) is 31.2. The molecule has 1 saturated heterocycles. The van der Waals surface area contributed by atoms with Crippen LogP contribution in [0.25, 0.3) is 22.4 Å². The summed E-state index contributed by atoms with van der Waals surface area (Å²) in [5.41, 5.74) is 17.7. The zero-order chi connectivity index (χ0) is 36.5. The Kier molecular flexibility index (Phi) is 13.2. The summed E-state index contributed by atoms with van der Waals surface area (Å²) >= 11 is 0. The molecular weight excluding hydrogens is 630 g/mol. The largest absolute Gasteiger partial charge is 0.493 e. The van der Waals surface area contributed by atoms with Gasteiger partial charge in [0.05, 0.1) is 24.2 Å². The number of primary amides is 1. The standard InChI is InChI=1S/C38H59N9O3/c1-37(2,3)29-20-26(36-44-31-12-11-28(22-32(31)45-36)47-17-15-46(7)16-18-47)21-30(38(4,5)6)35(29)50-19-8-10-34(49)43-14-9-13-41-23-27(39)24-42-25-33(40)48/h11-12,20-23,41-42H,8-10,13-19,24-25,39H2,1-7H3,(H2,40,48)(H,43,49)(H,44,45)/b27-23-. The maximum atomic E-state index is 12.5. The summed E-state index contributed by atoms with van der Waals surface area (Å²) in [5, 5.41) is 8.95. The van der Waals surface area contributed by atoms with E-state index in [2.05, 4.69) is 110 Å². The number of carbonyl (C=O) groups excluding carboxylic acids is 2. The summed E-state index contributed by atoms with van der Waals surface area (Å²) in [6.07, 6.45) is 3.43. The van der Waals surface area contributed by atoms with E-state index in [1.807, 2.05) is 0 Å². The molecule has 0 radical (unpaired) electrons. The van der Waals surface area contributed by atoms with Gasteiger partial charge in [-0.15, -0.1) is 0 Å². The van der Waals surface area contributed by atoms with Gasteiger partial charge in [-0.1, -0.05) is 41.5 Å². The van der Waals surface area contributed by atoms with Gasteiger partial charge in [0, 0.05) is 86.5 Å². The Morgan fingerprint density at radius 2 is 1.62 bits per heavy atom. The number of carbonyl (C=O) groups is 2. The summed E-state index contributed by atoms with van der Waals surface area (Å²) in [6.45, 7) is 19.5. The number of amides is 2. The number of nitrogens with zero attached hydrogens (tertiary/aromatic N) is 3. The number of anilines is 1. The number of nitrogens with two attached hydrogens (primary N) is 2. The summed E-state index contributed by atoms with van der Waals surface area (Å²) in [4.78, 5) is 36.8. The number of nitrogens with one attached hydrogen (secondary N) is 4. The average molecular weight is 690 g/mol. The van der Waals surface area contributed by atoms with Crippen LogP contribution in [0.1, 0.15) is 71.9 Å². The van der Waals surface area contributed by atoms with Gasteiger partial charge in [-0.2, -0.15) is 0 Å². The van der Waals surface area contributed by atoms with E-state index in [1.54, 1.807) is 6.20 Å². The first kappa shape index (κ1) is 38.5. The zero-order valence-electron chi connectivity index (χ0n) is 31.2. The average Bonchev–Trinajstić information content (AvgIpc) is 3.47. The Labute approximate surface area is 297 Å². The third kappa shape index (κ3) is 11.1. The van der Waals surface area contributed by atoms with Gasteiger partial charge in [0.1, 0.15) is 11.6 Å². The van der Waals surface area contributed by atoms with Crippen molar-refractivity contribution in [3.63, 3.8) is 0 Å². The second-order valence-electron chi connectivity index (χ2n) is 15.4. The molecule has 8 N–H and O–H groups in total. The molecule has 274 valence electrons. The molecule has 1 aromatic heterocycles. The van der Waals surface area contributed by atoms with Gasteiger partial charge < -0.3 is 46.9 Å². The fourth-order valence-corrected chi connectivity index (χ4v) is 5.93. The van der Waals surface area contributed by atoms with E-state index >= 15 is 0 Å². The third-order valence-electron chi connectivity index (χ3n) is 8.84. The predicted octanol–water partition coefficient (Wildman–Crippen LogP) is 3.71. The SMILES string of the molecule is CN1CCN(c2ccc3[nH]c(-c4cc(C(C)(C)C)c(OCCCC(=O)NCCCN/C=C(\N)CNCC(N)=O)c(C(C)(C)C)c4)nc3c2)CC1. The van der Waals surface area contributed by atoms with Crippen LogP contribution in [0.4, 0.5) is 5.69 Å². The monoisotopic (exact) mass is 689 g/mol. The quantitative estimate of drug-likeness (QED) is 0.123. The van der Waals surface area contributed by atoms with Gasteiger partial charge in [-0.25, -0.2) is 4.98 Å². The lowest BCUT2D eigenvalue weighted by molar-refractivity contribution is -0.121. The van der Waals surface area contributed by atoms with Crippen LogP contribution in [-0.2, 0) is 20.4 Å². The Balaban J connectivity index is 1.37. The van der Waals surface area contributed by atoms with Crippen LogP contribution in [0, 0.1) is 0 Å². The van der Waals surface area contributed by atoms with Crippen LogP contribution in [-0.4, -0.2) is 92.7 Å². The summed E-state index contributed by atoms with van der Waals surface area (Å²) in [7, 11) is 2.17. The van der Waals surface area contributed by atoms with Crippen LogP contribution in [0.15, 0.2) is 42.2 Å². The number of ether oxygens (including phenoxy) is 1. The Morgan fingerprint density at radius 3 is 2.26 bits per heavy atom. The molecule has 12 nitrogen and oxygen atoms in total. The van der Waals surface area contributed by atoms with Crippen LogP contribution in [0.2, 0.25) is 0 Å². The first-order valence-electron chi connectivity index (χ1n) is 17.8. The number of piperazine rings is 1. The van der Waals surface area contributed by atoms with Crippen molar-refractivity contribution in [2.75, 3.05) is 70.9 Å². The van der Waals surface area contributed by atoms with E-state index in [-0.39, 0.29) is 23.3 Å². The molecule has 2 heterocycles. The second-order valence-corrected chi connectivity index (χ2v) is 15.4. The van der Waals surface area contributed by atoms with Gasteiger partial charge in [-0.3, -0.25) is 9.59 Å². The van der Waals surface area contributed by atoms with Crippen molar-refractivity contribution >= 4 is 28.5 Å². The molecule has 0 spiro atoms. The topological polar surface area (TPSA) is 167 Å². The predicted molar refractivity (Wildman–Crippen MR) is 203 cm³/mol. The molecule has 1 aliphatic rings. The highest BCUT2D eigenvalue weighted by Crippen LogP contribution is 2.43. The minimum absolute atomic E-state index is 0.00223. The molecule has 2 aromatic carbocycles. The van der Waals surface area contributed by atoms with Crippen molar-refractivity contribution < 1.29 is 14.3 Å². The number of imidazole rings is 1. The molecule has 3 aromatic rings. The summed E-state index contributed by atoms with van der Waals surface area (Å²) < 4.78 is 6.55.